The van der Waals surface area contributed by atoms with Crippen LogP contribution in [-0.2, 0) is 0 Å². The highest BCUT2D eigenvalue weighted by atomic mass is 16.3. The fourth-order valence-corrected chi connectivity index (χ4v) is 2.07. The number of likely N-dealkylation sites (tertiary alicyclic amines) is 1. The average Bonchev–Trinajstić information content (AvgIpc) is 2.14. The molecule has 3 heteroatoms. The Morgan fingerprint density at radius 3 is 2.86 bits per heavy atom. The van der Waals surface area contributed by atoms with Crippen LogP contribution in [0.5, 0.6) is 0 Å². The van der Waals surface area contributed by atoms with Crippen LogP contribution in [0.3, 0.4) is 0 Å². The molecule has 0 aromatic rings. The molecule has 2 atom stereocenters. The second-order valence-corrected chi connectivity index (χ2v) is 4.68. The molecule has 0 aromatic heterocycles. The van der Waals surface area contributed by atoms with Gasteiger partial charge in [0.05, 0.1) is 6.10 Å². The van der Waals surface area contributed by atoms with Gasteiger partial charge in [0.1, 0.15) is 0 Å². The third-order valence-corrected chi connectivity index (χ3v) is 3.12. The van der Waals surface area contributed by atoms with E-state index in [1.165, 1.54) is 25.9 Å². The number of aliphatic hydroxyl groups is 1. The summed E-state index contributed by atoms with van der Waals surface area (Å²) in [6.45, 7) is 5.29. The van der Waals surface area contributed by atoms with Crippen molar-refractivity contribution in [2.75, 3.05) is 33.7 Å². The van der Waals surface area contributed by atoms with Crippen molar-refractivity contribution in [2.24, 2.45) is 0 Å². The number of hydrogen-bond acceptors (Lipinski definition) is 3. The molecule has 1 aliphatic rings. The molecular formula is C11H24N2O. The summed E-state index contributed by atoms with van der Waals surface area (Å²) < 4.78 is 0. The van der Waals surface area contributed by atoms with Crippen LogP contribution in [-0.4, -0.2) is 60.8 Å². The topological polar surface area (TPSA) is 26.7 Å². The molecule has 0 amide bonds. The van der Waals surface area contributed by atoms with Crippen LogP contribution in [0.15, 0.2) is 0 Å². The van der Waals surface area contributed by atoms with E-state index >= 15 is 0 Å². The first-order valence-electron chi connectivity index (χ1n) is 5.66. The van der Waals surface area contributed by atoms with Crippen LogP contribution in [0, 0.1) is 0 Å². The zero-order valence-corrected chi connectivity index (χ0v) is 9.74. The maximum Gasteiger partial charge on any atom is 0.0524 e. The van der Waals surface area contributed by atoms with E-state index < -0.39 is 0 Å². The van der Waals surface area contributed by atoms with Crippen LogP contribution >= 0.6 is 0 Å². The van der Waals surface area contributed by atoms with E-state index in [1.54, 1.807) is 0 Å². The molecule has 0 spiro atoms. The fraction of sp³-hybridized carbons (Fsp3) is 1.00. The molecule has 1 aliphatic heterocycles. The molecule has 3 nitrogen and oxygen atoms in total. The molecule has 1 saturated heterocycles. The van der Waals surface area contributed by atoms with Gasteiger partial charge in [0.2, 0.25) is 0 Å². The number of nitrogens with zero attached hydrogens (tertiary/aromatic N) is 2. The van der Waals surface area contributed by atoms with Crippen LogP contribution < -0.4 is 0 Å². The van der Waals surface area contributed by atoms with Gasteiger partial charge in [-0.15, -0.1) is 0 Å². The number of aliphatic hydroxyl groups excluding tert-OH is 1. The lowest BCUT2D eigenvalue weighted by Gasteiger charge is -2.36. The number of rotatable bonds is 4. The molecule has 0 saturated carbocycles. The Bertz CT molecular complexity index is 161. The molecule has 14 heavy (non-hydrogen) atoms. The van der Waals surface area contributed by atoms with Crippen LogP contribution in [0.4, 0.5) is 0 Å². The summed E-state index contributed by atoms with van der Waals surface area (Å²) in [5.74, 6) is 0. The minimum atomic E-state index is -0.168. The molecule has 1 N–H and O–H groups in total. The Kier molecular flexibility index (Phi) is 4.85. The Morgan fingerprint density at radius 1 is 1.57 bits per heavy atom. The van der Waals surface area contributed by atoms with Gasteiger partial charge in [-0.25, -0.2) is 0 Å². The maximum absolute atomic E-state index is 9.21. The minimum absolute atomic E-state index is 0.168. The zero-order chi connectivity index (χ0) is 10.6. The Balaban J connectivity index is 2.25. The smallest absolute Gasteiger partial charge is 0.0524 e. The second kappa shape index (κ2) is 5.69. The largest absolute Gasteiger partial charge is 0.393 e. The highest BCUT2D eigenvalue weighted by molar-refractivity contribution is 4.77. The van der Waals surface area contributed by atoms with Gasteiger partial charge in [-0.2, -0.15) is 0 Å². The summed E-state index contributed by atoms with van der Waals surface area (Å²) in [5, 5.41) is 9.21. The molecule has 0 aromatic carbocycles. The van der Waals surface area contributed by atoms with Gasteiger partial charge in [0.25, 0.3) is 0 Å². The van der Waals surface area contributed by atoms with Crippen molar-refractivity contribution in [3.05, 3.63) is 0 Å². The van der Waals surface area contributed by atoms with Gasteiger partial charge >= 0.3 is 0 Å². The fourth-order valence-electron chi connectivity index (χ4n) is 2.07. The summed E-state index contributed by atoms with van der Waals surface area (Å²) >= 11 is 0. The molecule has 1 fully saturated rings. The lowest BCUT2D eigenvalue weighted by atomic mass is 10.0. The summed E-state index contributed by atoms with van der Waals surface area (Å²) in [6, 6.07) is 0.687. The summed E-state index contributed by atoms with van der Waals surface area (Å²) in [5.41, 5.74) is 0. The third kappa shape index (κ3) is 3.95. The Labute approximate surface area is 87.7 Å². The highest BCUT2D eigenvalue weighted by Gasteiger charge is 2.20. The first kappa shape index (κ1) is 12.0. The van der Waals surface area contributed by atoms with Gasteiger partial charge in [-0.05, 0) is 46.8 Å². The first-order chi connectivity index (χ1) is 6.59. The van der Waals surface area contributed by atoms with Crippen molar-refractivity contribution in [1.29, 1.82) is 0 Å². The van der Waals surface area contributed by atoms with E-state index in [9.17, 15) is 5.11 Å². The van der Waals surface area contributed by atoms with Crippen LogP contribution in [0.2, 0.25) is 0 Å². The summed E-state index contributed by atoms with van der Waals surface area (Å²) in [7, 11) is 4.36. The molecule has 0 aliphatic carbocycles. The second-order valence-electron chi connectivity index (χ2n) is 4.68. The van der Waals surface area contributed by atoms with E-state index in [1.807, 2.05) is 6.92 Å². The molecule has 1 heterocycles. The van der Waals surface area contributed by atoms with Crippen molar-refractivity contribution >= 4 is 0 Å². The molecule has 2 unspecified atom stereocenters. The summed E-state index contributed by atoms with van der Waals surface area (Å²) in [4.78, 5) is 4.79. The third-order valence-electron chi connectivity index (χ3n) is 3.12. The predicted octanol–water partition coefficient (Wildman–Crippen LogP) is 0.783. The van der Waals surface area contributed by atoms with Gasteiger partial charge in [-0.1, -0.05) is 0 Å². The molecule has 0 bridgehead atoms. The molecule has 0 radical (unpaired) electrons. The van der Waals surface area contributed by atoms with E-state index in [0.29, 0.717) is 6.04 Å². The number of likely N-dealkylation sites (N-methyl/N-ethyl adjacent to an activating group) is 2. The Morgan fingerprint density at radius 2 is 2.29 bits per heavy atom. The van der Waals surface area contributed by atoms with Crippen molar-refractivity contribution in [3.63, 3.8) is 0 Å². The van der Waals surface area contributed by atoms with Crippen LogP contribution in [0.1, 0.15) is 26.2 Å². The lowest BCUT2D eigenvalue weighted by molar-refractivity contribution is 0.110. The molecule has 1 rings (SSSR count). The average molecular weight is 200 g/mol. The predicted molar refractivity (Wildman–Crippen MR) is 59.4 cm³/mol. The number of piperidine rings is 1. The van der Waals surface area contributed by atoms with E-state index in [0.717, 1.165) is 13.0 Å². The van der Waals surface area contributed by atoms with E-state index in [-0.39, 0.29) is 6.10 Å². The van der Waals surface area contributed by atoms with Crippen LogP contribution in [0.25, 0.3) is 0 Å². The van der Waals surface area contributed by atoms with Gasteiger partial charge in [0, 0.05) is 19.1 Å². The van der Waals surface area contributed by atoms with Crippen molar-refractivity contribution in [2.45, 2.75) is 38.3 Å². The molecule has 84 valence electrons. The normalized spacial score (nSPS) is 26.8. The zero-order valence-electron chi connectivity index (χ0n) is 9.74. The minimum Gasteiger partial charge on any atom is -0.393 e. The standard InChI is InChI=1S/C11H24N2O/c1-10(14)6-8-13(3)11-5-4-7-12(2)9-11/h10-11,14H,4-9H2,1-3H3. The van der Waals surface area contributed by atoms with E-state index in [4.69, 9.17) is 0 Å². The van der Waals surface area contributed by atoms with Crippen molar-refractivity contribution in [3.8, 4) is 0 Å². The quantitative estimate of drug-likeness (QED) is 0.726. The Hall–Kier alpha value is -0.120. The molecular weight excluding hydrogens is 176 g/mol. The first-order valence-corrected chi connectivity index (χ1v) is 5.66. The lowest BCUT2D eigenvalue weighted by Crippen LogP contribution is -2.45. The van der Waals surface area contributed by atoms with Gasteiger partial charge in [-0.3, -0.25) is 0 Å². The maximum atomic E-state index is 9.21. The highest BCUT2D eigenvalue weighted by Crippen LogP contribution is 2.13. The number of hydrogen-bond donors (Lipinski definition) is 1. The van der Waals surface area contributed by atoms with Gasteiger partial charge < -0.3 is 14.9 Å². The SMILES string of the molecule is CC(O)CCN(C)C1CCCN(C)C1. The monoisotopic (exact) mass is 200 g/mol. The van der Waals surface area contributed by atoms with Crippen molar-refractivity contribution < 1.29 is 5.11 Å². The van der Waals surface area contributed by atoms with Gasteiger partial charge in [0.15, 0.2) is 0 Å². The van der Waals surface area contributed by atoms with Crippen molar-refractivity contribution in [1.82, 2.24) is 9.80 Å². The van der Waals surface area contributed by atoms with E-state index in [2.05, 4.69) is 23.9 Å². The summed E-state index contributed by atoms with van der Waals surface area (Å²) in [6.07, 6.45) is 3.33.